The number of nitrogens with two attached hydrogens (primary N) is 2. The Morgan fingerprint density at radius 1 is 1.00 bits per heavy atom. The molecule has 0 aliphatic carbocycles. The largest absolute Gasteiger partial charge is 0.399 e. The second-order valence-electron chi connectivity index (χ2n) is 3.93. The Balaban J connectivity index is 2.23. The minimum absolute atomic E-state index is 0.139. The number of halogens is 2. The number of amides is 1. The highest BCUT2D eigenvalue weighted by Gasteiger charge is 2.11. The third kappa shape index (κ3) is 2.79. The first-order chi connectivity index (χ1) is 8.97. The molecule has 0 unspecified atom stereocenters. The normalized spacial score (nSPS) is 10.2. The molecular formula is C13H11F2N3O. The van der Waals surface area contributed by atoms with Gasteiger partial charge in [0.15, 0.2) is 11.6 Å². The molecule has 0 aliphatic rings. The van der Waals surface area contributed by atoms with Crippen LogP contribution in [0, 0.1) is 11.6 Å². The van der Waals surface area contributed by atoms with Crippen molar-refractivity contribution in [3.63, 3.8) is 0 Å². The van der Waals surface area contributed by atoms with Crippen molar-refractivity contribution in [2.24, 2.45) is 0 Å². The molecule has 0 aliphatic heterocycles. The van der Waals surface area contributed by atoms with Gasteiger partial charge in [0, 0.05) is 23.1 Å². The lowest BCUT2D eigenvalue weighted by Gasteiger charge is -2.08. The number of nitrogen functional groups attached to an aromatic ring is 2. The summed E-state index contributed by atoms with van der Waals surface area (Å²) in [6, 6.07) is 7.50. The quantitative estimate of drug-likeness (QED) is 0.727. The minimum atomic E-state index is -1.04. The predicted molar refractivity (Wildman–Crippen MR) is 69.6 cm³/mol. The van der Waals surface area contributed by atoms with Gasteiger partial charge < -0.3 is 16.8 Å². The van der Waals surface area contributed by atoms with Crippen molar-refractivity contribution in [3.8, 4) is 0 Å². The molecule has 0 bridgehead atoms. The zero-order valence-electron chi connectivity index (χ0n) is 9.78. The van der Waals surface area contributed by atoms with Gasteiger partial charge in [0.2, 0.25) is 0 Å². The van der Waals surface area contributed by atoms with Crippen LogP contribution in [-0.4, -0.2) is 5.91 Å². The molecule has 0 radical (unpaired) electrons. The van der Waals surface area contributed by atoms with Gasteiger partial charge in [0.05, 0.1) is 5.56 Å². The molecule has 0 saturated carbocycles. The molecule has 2 aromatic carbocycles. The van der Waals surface area contributed by atoms with Crippen LogP contribution >= 0.6 is 0 Å². The number of nitrogens with one attached hydrogen (secondary N) is 1. The van der Waals surface area contributed by atoms with Crippen LogP contribution in [0.3, 0.4) is 0 Å². The molecule has 5 N–H and O–H groups in total. The highest BCUT2D eigenvalue weighted by atomic mass is 19.2. The van der Waals surface area contributed by atoms with Crippen molar-refractivity contribution >= 4 is 23.0 Å². The lowest BCUT2D eigenvalue weighted by atomic mass is 10.1. The van der Waals surface area contributed by atoms with Crippen molar-refractivity contribution in [1.29, 1.82) is 0 Å². The first-order valence-corrected chi connectivity index (χ1v) is 5.39. The van der Waals surface area contributed by atoms with Crippen molar-refractivity contribution in [1.82, 2.24) is 0 Å². The summed E-state index contributed by atoms with van der Waals surface area (Å²) in [5, 5.41) is 2.42. The van der Waals surface area contributed by atoms with Gasteiger partial charge >= 0.3 is 0 Å². The Labute approximate surface area is 108 Å². The third-order valence-corrected chi connectivity index (χ3v) is 2.50. The van der Waals surface area contributed by atoms with Crippen molar-refractivity contribution in [2.75, 3.05) is 16.8 Å². The summed E-state index contributed by atoms with van der Waals surface area (Å²) in [5.74, 6) is -2.54. The molecule has 0 aromatic heterocycles. The number of hydrogen-bond acceptors (Lipinski definition) is 3. The zero-order valence-corrected chi connectivity index (χ0v) is 9.78. The van der Waals surface area contributed by atoms with Crippen molar-refractivity contribution in [3.05, 3.63) is 53.6 Å². The van der Waals surface area contributed by atoms with Gasteiger partial charge in [0.25, 0.3) is 5.91 Å². The minimum Gasteiger partial charge on any atom is -0.399 e. The fourth-order valence-electron chi connectivity index (χ4n) is 1.56. The summed E-state index contributed by atoms with van der Waals surface area (Å²) >= 11 is 0. The van der Waals surface area contributed by atoms with E-state index < -0.39 is 17.5 Å². The maximum Gasteiger partial charge on any atom is 0.257 e. The molecule has 4 nitrogen and oxygen atoms in total. The highest BCUT2D eigenvalue weighted by molar-refractivity contribution is 6.08. The molecule has 0 saturated heterocycles. The number of carbonyl (C=O) groups is 1. The molecule has 19 heavy (non-hydrogen) atoms. The van der Waals surface area contributed by atoms with Crippen LogP contribution in [0.25, 0.3) is 0 Å². The Kier molecular flexibility index (Phi) is 3.33. The maximum absolute atomic E-state index is 13.0. The molecule has 2 rings (SSSR count). The summed E-state index contributed by atoms with van der Waals surface area (Å²) in [5.41, 5.74) is 12.2. The van der Waals surface area contributed by atoms with Crippen molar-refractivity contribution in [2.45, 2.75) is 0 Å². The highest BCUT2D eigenvalue weighted by Crippen LogP contribution is 2.18. The first kappa shape index (κ1) is 12.8. The van der Waals surface area contributed by atoms with Crippen molar-refractivity contribution < 1.29 is 13.6 Å². The molecule has 0 fully saturated rings. The third-order valence-electron chi connectivity index (χ3n) is 2.50. The Bertz CT molecular complexity index is 644. The van der Waals surface area contributed by atoms with Crippen LogP contribution in [0.15, 0.2) is 36.4 Å². The maximum atomic E-state index is 13.0. The first-order valence-electron chi connectivity index (χ1n) is 5.39. The van der Waals surface area contributed by atoms with Crippen LogP contribution in [0.2, 0.25) is 0 Å². The Morgan fingerprint density at radius 3 is 2.37 bits per heavy atom. The van der Waals surface area contributed by atoms with Gasteiger partial charge in [-0.25, -0.2) is 8.78 Å². The zero-order chi connectivity index (χ0) is 14.0. The topological polar surface area (TPSA) is 81.1 Å². The Hall–Kier alpha value is -2.63. The van der Waals surface area contributed by atoms with E-state index in [1.807, 2.05) is 0 Å². The molecule has 2 aromatic rings. The van der Waals surface area contributed by atoms with Crippen LogP contribution < -0.4 is 16.8 Å². The molecule has 0 atom stereocenters. The van der Waals surface area contributed by atoms with Gasteiger partial charge in [-0.1, -0.05) is 0 Å². The van der Waals surface area contributed by atoms with E-state index in [-0.39, 0.29) is 16.9 Å². The van der Waals surface area contributed by atoms with Gasteiger partial charge in [0.1, 0.15) is 0 Å². The van der Waals surface area contributed by atoms with E-state index in [4.69, 9.17) is 11.5 Å². The average molecular weight is 263 g/mol. The van der Waals surface area contributed by atoms with Crippen LogP contribution in [0.4, 0.5) is 25.8 Å². The summed E-state index contributed by atoms with van der Waals surface area (Å²) in [6.45, 7) is 0. The lowest BCUT2D eigenvalue weighted by Crippen LogP contribution is -2.14. The fourth-order valence-corrected chi connectivity index (χ4v) is 1.56. The van der Waals surface area contributed by atoms with Gasteiger partial charge in [-0.3, -0.25) is 4.79 Å². The SMILES string of the molecule is Nc1ccc(C(=O)Nc2ccc(F)c(F)c2)c(N)c1. The van der Waals surface area contributed by atoms with Crippen LogP contribution in [0.1, 0.15) is 10.4 Å². The summed E-state index contributed by atoms with van der Waals surface area (Å²) < 4.78 is 25.7. The van der Waals surface area contributed by atoms with Crippen LogP contribution in [0.5, 0.6) is 0 Å². The second-order valence-corrected chi connectivity index (χ2v) is 3.93. The lowest BCUT2D eigenvalue weighted by molar-refractivity contribution is 0.102. The molecule has 0 spiro atoms. The number of hydrogen-bond donors (Lipinski definition) is 3. The summed E-state index contributed by atoms with van der Waals surface area (Å²) in [6.07, 6.45) is 0. The second kappa shape index (κ2) is 4.93. The number of benzene rings is 2. The average Bonchev–Trinajstić information content (AvgIpc) is 2.33. The summed E-state index contributed by atoms with van der Waals surface area (Å²) in [4.78, 5) is 11.9. The van der Waals surface area contributed by atoms with E-state index in [2.05, 4.69) is 5.32 Å². The molecule has 1 amide bonds. The monoisotopic (exact) mass is 263 g/mol. The molecule has 6 heteroatoms. The molecule has 0 heterocycles. The van der Waals surface area contributed by atoms with E-state index in [1.165, 1.54) is 24.3 Å². The smallest absolute Gasteiger partial charge is 0.257 e. The fraction of sp³-hybridized carbons (Fsp3) is 0. The standard InChI is InChI=1S/C13H11F2N3O/c14-10-4-2-8(6-11(10)15)18-13(19)9-3-1-7(16)5-12(9)17/h1-6H,16-17H2,(H,18,19). The van der Waals surface area contributed by atoms with Gasteiger partial charge in [-0.05, 0) is 30.3 Å². The summed E-state index contributed by atoms with van der Waals surface area (Å²) in [7, 11) is 0. The van der Waals surface area contributed by atoms with Crippen LogP contribution in [-0.2, 0) is 0 Å². The van der Waals surface area contributed by atoms with E-state index in [9.17, 15) is 13.6 Å². The number of rotatable bonds is 2. The number of carbonyl (C=O) groups excluding carboxylic acids is 1. The van der Waals surface area contributed by atoms with E-state index in [0.29, 0.717) is 5.69 Å². The predicted octanol–water partition coefficient (Wildman–Crippen LogP) is 2.38. The van der Waals surface area contributed by atoms with E-state index >= 15 is 0 Å². The number of anilines is 3. The van der Waals surface area contributed by atoms with Gasteiger partial charge in [-0.2, -0.15) is 0 Å². The van der Waals surface area contributed by atoms with Gasteiger partial charge in [-0.15, -0.1) is 0 Å². The molecular weight excluding hydrogens is 252 g/mol. The molecule has 98 valence electrons. The Morgan fingerprint density at radius 2 is 1.74 bits per heavy atom. The van der Waals surface area contributed by atoms with E-state index in [0.717, 1.165) is 12.1 Å². The van der Waals surface area contributed by atoms with E-state index in [1.54, 1.807) is 0 Å².